The number of aromatic nitrogens is 1. The Morgan fingerprint density at radius 3 is 2.39 bits per heavy atom. The Balaban J connectivity index is 2.38. The number of methoxy groups -OCH3 is 1. The number of nitrogens with one attached hydrogen (secondary N) is 1. The minimum Gasteiger partial charge on any atom is -0.497 e. The second-order valence-corrected chi connectivity index (χ2v) is 6.38. The van der Waals surface area contributed by atoms with E-state index in [1.54, 1.807) is 19.1 Å². The number of H-pyrrole nitrogens is 1. The molecule has 0 aliphatic carbocycles. The van der Waals surface area contributed by atoms with Crippen LogP contribution < -0.4 is 4.74 Å². The molecule has 9 heteroatoms. The molecule has 1 aromatic carbocycles. The molecule has 0 fully saturated rings. The molecule has 0 unspecified atom stereocenters. The van der Waals surface area contributed by atoms with Gasteiger partial charge in [0.05, 0.1) is 54.2 Å². The molecule has 1 aromatic heterocycles. The van der Waals surface area contributed by atoms with Crippen LogP contribution in [0.25, 0.3) is 10.9 Å². The number of rotatable bonds is 1. The molecule has 0 amide bonds. The summed E-state index contributed by atoms with van der Waals surface area (Å²) in [6.07, 6.45) is 0. The van der Waals surface area contributed by atoms with E-state index in [2.05, 4.69) is 4.98 Å². The number of fused-ring (bicyclic) bond motifs is 3. The summed E-state index contributed by atoms with van der Waals surface area (Å²) in [4.78, 5) is 4.74. The van der Waals surface area contributed by atoms with Crippen LogP contribution in [0.2, 0.25) is 0 Å². The fourth-order valence-corrected chi connectivity index (χ4v) is 3.22. The first-order valence-electron chi connectivity index (χ1n) is 7.17. The second-order valence-electron chi connectivity index (χ2n) is 6.38. The topological polar surface area (TPSA) is 28.3 Å². The Hall–Kier alpha value is -1.09. The Labute approximate surface area is 144 Å². The van der Waals surface area contributed by atoms with Gasteiger partial charge in [-0.25, -0.2) is 0 Å². The molecule has 12 radical (unpaired) electrons. The van der Waals surface area contributed by atoms with Gasteiger partial charge in [0.2, 0.25) is 0 Å². The van der Waals surface area contributed by atoms with Gasteiger partial charge in [-0.1, -0.05) is 15.8 Å². The average Bonchev–Trinajstić information content (AvgIpc) is 2.84. The van der Waals surface area contributed by atoms with Crippen molar-refractivity contribution in [1.29, 1.82) is 0 Å². The Bertz CT molecular complexity index is 770. The van der Waals surface area contributed by atoms with Crippen LogP contribution in [0.3, 0.4) is 0 Å². The molecule has 0 saturated heterocycles. The molecule has 3 nitrogen and oxygen atoms in total. The maximum atomic E-state index is 6.37. The zero-order valence-electron chi connectivity index (χ0n) is 13.3. The average molecular weight is 289 g/mol. The Morgan fingerprint density at radius 1 is 1.13 bits per heavy atom. The molecule has 0 saturated carbocycles. The molecule has 0 spiro atoms. The van der Waals surface area contributed by atoms with E-state index in [1.165, 1.54) is 0 Å². The van der Waals surface area contributed by atoms with E-state index in [4.69, 9.17) is 51.8 Å². The third-order valence-electron chi connectivity index (χ3n) is 4.68. The van der Waals surface area contributed by atoms with Gasteiger partial charge < -0.3 is 14.6 Å². The number of hydrogen-bond acceptors (Lipinski definition) is 2. The van der Waals surface area contributed by atoms with Gasteiger partial charge in [0.25, 0.3) is 0 Å². The summed E-state index contributed by atoms with van der Waals surface area (Å²) in [5, 5.41) is -3.57. The summed E-state index contributed by atoms with van der Waals surface area (Å²) in [7, 11) is 41.1. The summed E-state index contributed by atoms with van der Waals surface area (Å²) < 4.78 is 5.24. The number of benzene rings is 1. The third-order valence-corrected chi connectivity index (χ3v) is 4.68. The first kappa shape index (κ1) is 16.8. The summed E-state index contributed by atoms with van der Waals surface area (Å²) in [5.41, 5.74) is 1.76. The summed E-state index contributed by atoms with van der Waals surface area (Å²) in [5.74, 6) is 0.678. The quantitative estimate of drug-likeness (QED) is 0.689. The molecular weight excluding hydrogens is 277 g/mol. The number of hydrogen-bond donors (Lipinski definition) is 1. The van der Waals surface area contributed by atoms with Crippen LogP contribution >= 0.6 is 0 Å². The molecular formula is C14H12B6N2O. The lowest BCUT2D eigenvalue weighted by atomic mass is 9.32. The molecule has 1 aliphatic rings. The SMILES string of the molecule is [B]C1([B])CN(C)C([B])([B])C([B])([B])c2[nH]c3cc(OC)ccc3c21. The Morgan fingerprint density at radius 2 is 1.78 bits per heavy atom. The van der Waals surface area contributed by atoms with Crippen molar-refractivity contribution in [1.82, 2.24) is 9.88 Å². The van der Waals surface area contributed by atoms with Crippen LogP contribution in [0.5, 0.6) is 5.75 Å². The highest BCUT2D eigenvalue weighted by Crippen LogP contribution is 2.43. The van der Waals surface area contributed by atoms with Crippen molar-refractivity contribution in [2.45, 2.75) is 15.8 Å². The standard InChI is InChI=1S/C14H12B6N2O/c1-22-6-12(15,16)10-8-4-3-7(23-2)5-9(8)21-11(10)13(17,18)14(22,19)20/h3-5,21H,6H2,1-2H3. The van der Waals surface area contributed by atoms with Crippen LogP contribution in [-0.2, 0) is 10.4 Å². The predicted molar refractivity (Wildman–Crippen MR) is 98.1 cm³/mol. The molecule has 3 rings (SSSR count). The fraction of sp³-hybridized carbons (Fsp3) is 0.429. The van der Waals surface area contributed by atoms with Gasteiger partial charge >= 0.3 is 0 Å². The van der Waals surface area contributed by atoms with E-state index in [0.29, 0.717) is 17.0 Å². The molecule has 2 aromatic rings. The van der Waals surface area contributed by atoms with Crippen molar-refractivity contribution >= 4 is 58.0 Å². The molecule has 23 heavy (non-hydrogen) atoms. The highest BCUT2D eigenvalue weighted by molar-refractivity contribution is 6.55. The van der Waals surface area contributed by atoms with E-state index in [1.807, 2.05) is 18.2 Å². The third kappa shape index (κ3) is 2.23. The first-order chi connectivity index (χ1) is 10.5. The highest BCUT2D eigenvalue weighted by Gasteiger charge is 2.47. The number of likely N-dealkylation sites (N-methyl/N-ethyl adjacent to an activating group) is 1. The van der Waals surface area contributed by atoms with E-state index in [-0.39, 0.29) is 6.54 Å². The second kappa shape index (κ2) is 4.95. The van der Waals surface area contributed by atoms with Gasteiger partial charge in [-0.15, -0.1) is 0 Å². The van der Waals surface area contributed by atoms with Crippen LogP contribution in [0.15, 0.2) is 18.2 Å². The maximum Gasteiger partial charge on any atom is 0.120 e. The van der Waals surface area contributed by atoms with Crippen LogP contribution in [-0.4, -0.2) is 83.0 Å². The van der Waals surface area contributed by atoms with Crippen molar-refractivity contribution in [2.24, 2.45) is 0 Å². The van der Waals surface area contributed by atoms with Gasteiger partial charge in [0, 0.05) is 22.7 Å². The zero-order valence-corrected chi connectivity index (χ0v) is 13.3. The summed E-state index contributed by atoms with van der Waals surface area (Å²) >= 11 is 0. The lowest BCUT2D eigenvalue weighted by molar-refractivity contribution is 0.256. The zero-order chi connectivity index (χ0) is 17.2. The van der Waals surface area contributed by atoms with E-state index >= 15 is 0 Å². The van der Waals surface area contributed by atoms with Gasteiger partial charge in [-0.05, 0) is 31.3 Å². The van der Waals surface area contributed by atoms with Crippen LogP contribution in [0.4, 0.5) is 0 Å². The largest absolute Gasteiger partial charge is 0.497 e. The van der Waals surface area contributed by atoms with Crippen molar-refractivity contribution < 1.29 is 4.74 Å². The van der Waals surface area contributed by atoms with Gasteiger partial charge in [0.1, 0.15) is 5.75 Å². The minimum atomic E-state index is -1.59. The molecule has 2 heterocycles. The molecule has 0 atom stereocenters. The monoisotopic (exact) mass is 290 g/mol. The molecule has 1 N–H and O–H groups in total. The van der Waals surface area contributed by atoms with Crippen LogP contribution in [0, 0.1) is 0 Å². The summed E-state index contributed by atoms with van der Waals surface area (Å²) in [6.45, 7) is 0.183. The van der Waals surface area contributed by atoms with Crippen molar-refractivity contribution in [3.05, 3.63) is 29.5 Å². The van der Waals surface area contributed by atoms with E-state index in [0.717, 1.165) is 10.9 Å². The molecule has 0 bridgehead atoms. The van der Waals surface area contributed by atoms with Crippen LogP contribution in [0.1, 0.15) is 11.3 Å². The summed E-state index contributed by atoms with van der Waals surface area (Å²) in [6, 6.07) is 5.48. The highest BCUT2D eigenvalue weighted by atomic mass is 16.5. The minimum absolute atomic E-state index is 0.183. The first-order valence-corrected chi connectivity index (χ1v) is 7.17. The normalized spacial score (nSPS) is 22.3. The van der Waals surface area contributed by atoms with Gasteiger partial charge in [-0.2, -0.15) is 0 Å². The maximum absolute atomic E-state index is 6.37. The number of nitrogens with zero attached hydrogens (tertiary/aromatic N) is 1. The van der Waals surface area contributed by atoms with Gasteiger partial charge in [0.15, 0.2) is 0 Å². The lowest BCUT2D eigenvalue weighted by Gasteiger charge is -2.49. The van der Waals surface area contributed by atoms with Crippen molar-refractivity contribution in [3.63, 3.8) is 0 Å². The predicted octanol–water partition coefficient (Wildman–Crippen LogP) is -0.908. The van der Waals surface area contributed by atoms with Crippen molar-refractivity contribution in [2.75, 3.05) is 20.7 Å². The molecule has 1 aliphatic heterocycles. The molecule has 102 valence electrons. The Kier molecular flexibility index (Phi) is 3.61. The van der Waals surface area contributed by atoms with Crippen molar-refractivity contribution in [3.8, 4) is 5.75 Å². The van der Waals surface area contributed by atoms with Gasteiger partial charge in [-0.3, -0.25) is 0 Å². The van der Waals surface area contributed by atoms with E-state index < -0.39 is 15.8 Å². The number of ether oxygens (including phenoxy) is 1. The lowest BCUT2D eigenvalue weighted by Crippen LogP contribution is -2.63. The fourth-order valence-electron chi connectivity index (χ4n) is 3.22. The smallest absolute Gasteiger partial charge is 0.120 e. The number of aromatic amines is 1. The van der Waals surface area contributed by atoms with E-state index in [9.17, 15) is 0 Å².